The lowest BCUT2D eigenvalue weighted by atomic mass is 10.5. The van der Waals surface area contributed by atoms with E-state index in [0.29, 0.717) is 0 Å². The van der Waals surface area contributed by atoms with Crippen LogP contribution in [0, 0.1) is 0 Å². The highest BCUT2D eigenvalue weighted by molar-refractivity contribution is 7.19. The molecule has 1 heterocycles. The van der Waals surface area contributed by atoms with E-state index in [-0.39, 0.29) is 0 Å². The van der Waals surface area contributed by atoms with Gasteiger partial charge in [-0.05, 0) is 12.1 Å². The summed E-state index contributed by atoms with van der Waals surface area (Å²) >= 11 is 0. The highest BCUT2D eigenvalue weighted by Crippen LogP contribution is 2.03. The van der Waals surface area contributed by atoms with Crippen LogP contribution in [0.4, 0.5) is 0 Å². The minimum Gasteiger partial charge on any atom is -0.457 e. The molecule has 0 saturated carbocycles. The highest BCUT2D eigenvalue weighted by Gasteiger charge is 1.91. The Morgan fingerprint density at radius 2 is 1.56 bits per heavy atom. The lowest BCUT2D eigenvalue weighted by Gasteiger charge is -1.79. The van der Waals surface area contributed by atoms with E-state index in [1.54, 1.807) is 11.6 Å². The summed E-state index contributed by atoms with van der Waals surface area (Å²) in [6, 6.07) is 3.75. The van der Waals surface area contributed by atoms with Crippen LogP contribution in [0.25, 0.3) is 0 Å². The van der Waals surface area contributed by atoms with Gasteiger partial charge in [0, 0.05) is 11.6 Å². The van der Waals surface area contributed by atoms with Crippen LogP contribution in [0.5, 0.6) is 0 Å². The topological polar surface area (TPSA) is 13.1 Å². The zero-order chi connectivity index (χ0) is 6.69. The zero-order valence-electron chi connectivity index (χ0n) is 4.72. The van der Waals surface area contributed by atoms with E-state index in [9.17, 15) is 0 Å². The van der Waals surface area contributed by atoms with Gasteiger partial charge in [-0.1, -0.05) is 0 Å². The lowest BCUT2D eigenvalue weighted by molar-refractivity contribution is 0.556. The molecule has 3 heteroatoms. The van der Waals surface area contributed by atoms with Gasteiger partial charge in [0.2, 0.25) is 0 Å². The van der Waals surface area contributed by atoms with E-state index in [1.807, 2.05) is 12.1 Å². The van der Waals surface area contributed by atoms with Gasteiger partial charge in [0.25, 0.3) is 0 Å². The molecule has 0 unspecified atom stereocenters. The Kier molecular flexibility index (Phi) is 2.22. The smallest absolute Gasteiger partial charge is 0.131 e. The van der Waals surface area contributed by atoms with Crippen molar-refractivity contribution in [1.29, 1.82) is 0 Å². The second-order valence-corrected chi connectivity index (χ2v) is 2.11. The molecule has 0 amide bonds. The van der Waals surface area contributed by atoms with Gasteiger partial charge in [-0.2, -0.15) is 0 Å². The quantitative estimate of drug-likeness (QED) is 0.595. The molecule has 0 N–H and O–H groups in total. The number of hydrogen-bond acceptors (Lipinski definition) is 1. The van der Waals surface area contributed by atoms with Crippen LogP contribution in [0.3, 0.4) is 0 Å². The predicted molar refractivity (Wildman–Crippen MR) is 45.7 cm³/mol. The predicted octanol–water partition coefficient (Wildman–Crippen LogP) is 1.87. The fraction of sp³-hybridized carbons (Fsp3) is 0. The third-order valence-electron chi connectivity index (χ3n) is 0.932. The van der Waals surface area contributed by atoms with Gasteiger partial charge in [0.05, 0.1) is 0 Å². The molecule has 0 radical (unpaired) electrons. The third kappa shape index (κ3) is 1.51. The first-order chi connectivity index (χ1) is 4.36. The van der Waals surface area contributed by atoms with E-state index in [2.05, 4.69) is 17.7 Å². The van der Waals surface area contributed by atoms with E-state index < -0.39 is 0 Å². The van der Waals surface area contributed by atoms with Gasteiger partial charge in [-0.25, -0.2) is 0 Å². The molecule has 1 aromatic rings. The zero-order valence-corrected chi connectivity index (χ0v) is 6.72. The van der Waals surface area contributed by atoms with E-state index in [0.717, 1.165) is 11.5 Å². The molecule has 0 aromatic carbocycles. The SMILES string of the molecule is P=Cc1ccc(C=P)o1. The Balaban J connectivity index is 2.98. The number of hydrogen-bond donors (Lipinski definition) is 0. The molecule has 9 heavy (non-hydrogen) atoms. The number of rotatable bonds is 2. The largest absolute Gasteiger partial charge is 0.457 e. The first-order valence-electron chi connectivity index (χ1n) is 2.47. The van der Waals surface area contributed by atoms with E-state index in [4.69, 9.17) is 4.42 Å². The van der Waals surface area contributed by atoms with Crippen LogP contribution in [0.2, 0.25) is 0 Å². The summed E-state index contributed by atoms with van der Waals surface area (Å²) in [6.45, 7) is 0. The summed E-state index contributed by atoms with van der Waals surface area (Å²) < 4.78 is 5.17. The average molecular weight is 156 g/mol. The normalized spacial score (nSPS) is 8.89. The van der Waals surface area contributed by atoms with Gasteiger partial charge >= 0.3 is 0 Å². The maximum atomic E-state index is 5.17. The molecule has 0 aliphatic carbocycles. The van der Waals surface area contributed by atoms with Gasteiger partial charge in [0.15, 0.2) is 0 Å². The minimum absolute atomic E-state index is 0.816. The molecule has 0 fully saturated rings. The van der Waals surface area contributed by atoms with Crippen molar-refractivity contribution in [3.05, 3.63) is 23.7 Å². The Bertz CT molecular complexity index is 204. The monoisotopic (exact) mass is 156 g/mol. The van der Waals surface area contributed by atoms with Crippen molar-refractivity contribution in [3.63, 3.8) is 0 Å². The molecule has 0 spiro atoms. The third-order valence-corrected chi connectivity index (χ3v) is 1.50. The van der Waals surface area contributed by atoms with Gasteiger partial charge < -0.3 is 4.42 Å². The van der Waals surface area contributed by atoms with Gasteiger partial charge in [-0.15, -0.1) is 17.7 Å². The van der Waals surface area contributed by atoms with Crippen LogP contribution in [0.15, 0.2) is 16.5 Å². The molecule has 0 atom stereocenters. The fourth-order valence-electron chi connectivity index (χ4n) is 0.524. The molecule has 1 rings (SSSR count). The molecule has 1 aromatic heterocycles. The second kappa shape index (κ2) is 2.96. The maximum absolute atomic E-state index is 5.17. The Labute approximate surface area is 58.1 Å². The summed E-state index contributed by atoms with van der Waals surface area (Å²) in [4.78, 5) is 0. The van der Waals surface area contributed by atoms with Crippen LogP contribution in [-0.2, 0) is 0 Å². The van der Waals surface area contributed by atoms with Crippen LogP contribution in [0.1, 0.15) is 11.5 Å². The van der Waals surface area contributed by atoms with Crippen molar-refractivity contribution in [2.45, 2.75) is 0 Å². The molecule has 0 bridgehead atoms. The van der Waals surface area contributed by atoms with Crippen molar-refractivity contribution in [1.82, 2.24) is 0 Å². The van der Waals surface area contributed by atoms with Crippen molar-refractivity contribution < 1.29 is 4.42 Å². The number of furan rings is 1. The van der Waals surface area contributed by atoms with E-state index >= 15 is 0 Å². The van der Waals surface area contributed by atoms with Crippen LogP contribution >= 0.6 is 17.7 Å². The van der Waals surface area contributed by atoms with Crippen molar-refractivity contribution >= 4 is 29.3 Å². The van der Waals surface area contributed by atoms with E-state index in [1.165, 1.54) is 0 Å². The standard InChI is InChI=1S/C6H6OP2/c8-3-5-1-2-6(4-9)7-5/h1-4,8-9H. The molecule has 46 valence electrons. The Morgan fingerprint density at radius 3 is 1.78 bits per heavy atom. The molecule has 0 saturated heterocycles. The lowest BCUT2D eigenvalue weighted by Crippen LogP contribution is -1.68. The molecular weight excluding hydrogens is 150 g/mol. The molecule has 1 nitrogen and oxygen atoms in total. The Morgan fingerprint density at radius 1 is 1.11 bits per heavy atom. The van der Waals surface area contributed by atoms with Crippen LogP contribution in [-0.4, -0.2) is 11.6 Å². The minimum atomic E-state index is 0.816. The molecule has 0 aliphatic heterocycles. The molecule has 0 aliphatic rings. The van der Waals surface area contributed by atoms with Crippen molar-refractivity contribution in [2.24, 2.45) is 0 Å². The molecular formula is C6H6OP2. The summed E-state index contributed by atoms with van der Waals surface area (Å²) in [5, 5.41) is 0. The Hall–Kier alpha value is -0.380. The summed E-state index contributed by atoms with van der Waals surface area (Å²) in [6.07, 6.45) is 0. The van der Waals surface area contributed by atoms with Crippen molar-refractivity contribution in [3.8, 4) is 0 Å². The van der Waals surface area contributed by atoms with Crippen LogP contribution < -0.4 is 0 Å². The fourth-order valence-corrected chi connectivity index (χ4v) is 0.834. The second-order valence-electron chi connectivity index (χ2n) is 1.53. The summed E-state index contributed by atoms with van der Waals surface area (Å²) in [5.74, 6) is 5.07. The van der Waals surface area contributed by atoms with Crippen molar-refractivity contribution in [2.75, 3.05) is 0 Å². The summed E-state index contributed by atoms with van der Waals surface area (Å²) in [5.41, 5.74) is 0. The van der Waals surface area contributed by atoms with Gasteiger partial charge in [0.1, 0.15) is 11.5 Å². The maximum Gasteiger partial charge on any atom is 0.131 e. The summed E-state index contributed by atoms with van der Waals surface area (Å²) in [7, 11) is 6.39. The first-order valence-corrected chi connectivity index (χ1v) is 3.63. The highest BCUT2D eigenvalue weighted by atomic mass is 31.0. The first kappa shape index (κ1) is 6.74. The van der Waals surface area contributed by atoms with Gasteiger partial charge in [-0.3, -0.25) is 0 Å². The average Bonchev–Trinajstić information content (AvgIpc) is 2.34.